The fourth-order valence-electron chi connectivity index (χ4n) is 3.42. The van der Waals surface area contributed by atoms with Crippen LogP contribution in [0.25, 0.3) is 10.9 Å². The zero-order valence-corrected chi connectivity index (χ0v) is 19.2. The molecule has 2 aromatic carbocycles. The lowest BCUT2D eigenvalue weighted by Gasteiger charge is -2.27. The summed E-state index contributed by atoms with van der Waals surface area (Å²) in [5.41, 5.74) is 5.99. The van der Waals surface area contributed by atoms with Crippen molar-refractivity contribution in [1.82, 2.24) is 14.8 Å². The predicted molar refractivity (Wildman–Crippen MR) is 130 cm³/mol. The van der Waals surface area contributed by atoms with Crippen molar-refractivity contribution in [3.05, 3.63) is 75.1 Å². The molecule has 0 aliphatic heterocycles. The number of thiocarbonyl (C=S) groups is 1. The highest BCUT2D eigenvalue weighted by Gasteiger charge is 2.15. The predicted octanol–water partition coefficient (Wildman–Crippen LogP) is 4.21. The maximum absolute atomic E-state index is 12.7. The minimum atomic E-state index is -0.0736. The number of benzene rings is 2. The minimum Gasteiger partial charge on any atom is -0.343 e. The van der Waals surface area contributed by atoms with Gasteiger partial charge >= 0.3 is 0 Å². The van der Waals surface area contributed by atoms with Crippen LogP contribution in [0.1, 0.15) is 22.3 Å². The molecule has 0 unspecified atom stereocenters. The summed E-state index contributed by atoms with van der Waals surface area (Å²) in [5.74, 6) is 0. The van der Waals surface area contributed by atoms with Gasteiger partial charge in [-0.2, -0.15) is 0 Å². The normalized spacial score (nSPS) is 11.1. The van der Waals surface area contributed by atoms with Crippen molar-refractivity contribution in [2.24, 2.45) is 0 Å². The quantitative estimate of drug-likeness (QED) is 0.583. The van der Waals surface area contributed by atoms with Crippen molar-refractivity contribution < 1.29 is 0 Å². The van der Waals surface area contributed by atoms with Crippen LogP contribution in [-0.4, -0.2) is 47.1 Å². The molecule has 0 bridgehead atoms. The van der Waals surface area contributed by atoms with Gasteiger partial charge in [0.05, 0.1) is 6.54 Å². The highest BCUT2D eigenvalue weighted by molar-refractivity contribution is 7.80. The Morgan fingerprint density at radius 3 is 2.40 bits per heavy atom. The highest BCUT2D eigenvalue weighted by atomic mass is 32.1. The molecule has 3 rings (SSSR count). The van der Waals surface area contributed by atoms with Crippen molar-refractivity contribution in [3.63, 3.8) is 0 Å². The molecule has 6 heteroatoms. The zero-order chi connectivity index (χ0) is 21.8. The van der Waals surface area contributed by atoms with Crippen LogP contribution in [0.2, 0.25) is 0 Å². The van der Waals surface area contributed by atoms with Gasteiger partial charge in [0.15, 0.2) is 5.11 Å². The van der Waals surface area contributed by atoms with Gasteiger partial charge in [0.1, 0.15) is 0 Å². The molecule has 1 aromatic heterocycles. The third kappa shape index (κ3) is 5.46. The number of fused-ring (bicyclic) bond motifs is 1. The maximum Gasteiger partial charge on any atom is 0.253 e. The van der Waals surface area contributed by atoms with Crippen LogP contribution in [-0.2, 0) is 6.54 Å². The minimum absolute atomic E-state index is 0.0736. The second-order valence-electron chi connectivity index (χ2n) is 8.19. The summed E-state index contributed by atoms with van der Waals surface area (Å²) in [7, 11) is 4.06. The summed E-state index contributed by atoms with van der Waals surface area (Å²) in [6, 6.07) is 14.3. The molecular formula is C24H30N4OS. The van der Waals surface area contributed by atoms with Crippen LogP contribution >= 0.6 is 12.2 Å². The molecule has 5 nitrogen and oxygen atoms in total. The molecule has 0 spiro atoms. The number of rotatable bonds is 6. The first kappa shape index (κ1) is 22.0. The number of aromatic nitrogens is 1. The van der Waals surface area contributed by atoms with Gasteiger partial charge in [-0.15, -0.1) is 0 Å². The second kappa shape index (κ2) is 9.41. The molecule has 0 radical (unpaired) electrons. The average Bonchev–Trinajstić information content (AvgIpc) is 2.67. The Morgan fingerprint density at radius 2 is 1.70 bits per heavy atom. The molecule has 0 aliphatic rings. The Bertz CT molecular complexity index is 1120. The summed E-state index contributed by atoms with van der Waals surface area (Å²) < 4.78 is 0. The Morgan fingerprint density at radius 1 is 1.00 bits per heavy atom. The van der Waals surface area contributed by atoms with Gasteiger partial charge in [-0.1, -0.05) is 29.3 Å². The Labute approximate surface area is 183 Å². The Kier molecular flexibility index (Phi) is 6.90. The van der Waals surface area contributed by atoms with Gasteiger partial charge in [-0.3, -0.25) is 4.79 Å². The first-order valence-corrected chi connectivity index (χ1v) is 10.5. The largest absolute Gasteiger partial charge is 0.343 e. The average molecular weight is 423 g/mol. The van der Waals surface area contributed by atoms with Crippen molar-refractivity contribution in [2.75, 3.05) is 32.5 Å². The highest BCUT2D eigenvalue weighted by Crippen LogP contribution is 2.18. The van der Waals surface area contributed by atoms with Gasteiger partial charge in [0, 0.05) is 29.9 Å². The van der Waals surface area contributed by atoms with Crippen molar-refractivity contribution in [2.45, 2.75) is 27.3 Å². The first-order chi connectivity index (χ1) is 14.2. The monoisotopic (exact) mass is 422 g/mol. The summed E-state index contributed by atoms with van der Waals surface area (Å²) in [6.07, 6.45) is 0. The van der Waals surface area contributed by atoms with E-state index in [1.807, 2.05) is 38.4 Å². The lowest BCUT2D eigenvalue weighted by Crippen LogP contribution is -2.40. The molecule has 1 heterocycles. The van der Waals surface area contributed by atoms with E-state index in [1.54, 1.807) is 0 Å². The molecule has 0 saturated carbocycles. The number of hydrogen-bond acceptors (Lipinski definition) is 3. The molecule has 3 aromatic rings. The van der Waals surface area contributed by atoms with E-state index in [0.29, 0.717) is 17.2 Å². The van der Waals surface area contributed by atoms with Gasteiger partial charge in [0.2, 0.25) is 0 Å². The van der Waals surface area contributed by atoms with Crippen LogP contribution in [0.15, 0.2) is 47.3 Å². The second-order valence-corrected chi connectivity index (χ2v) is 8.57. The number of pyridine rings is 1. The standard InChI is InChI=1S/C24H30N4OS/c1-16-6-8-21(18(3)12-16)26-24(30)28(11-10-27(4)5)15-20-14-19-13-17(2)7-9-22(19)25-23(20)29/h6-9,12-14H,10-11,15H2,1-5H3,(H,25,29)(H,26,30). The zero-order valence-electron chi connectivity index (χ0n) is 18.4. The van der Waals surface area contributed by atoms with E-state index in [2.05, 4.69) is 59.1 Å². The molecular weight excluding hydrogens is 392 g/mol. The molecule has 0 amide bonds. The first-order valence-electron chi connectivity index (χ1n) is 10.1. The van der Waals surface area contributed by atoms with Crippen LogP contribution in [0, 0.1) is 20.8 Å². The lowest BCUT2D eigenvalue weighted by atomic mass is 10.1. The molecule has 0 fully saturated rings. The van der Waals surface area contributed by atoms with E-state index in [1.165, 1.54) is 5.56 Å². The van der Waals surface area contributed by atoms with Gasteiger partial charge in [-0.25, -0.2) is 0 Å². The van der Waals surface area contributed by atoms with Crippen LogP contribution in [0.5, 0.6) is 0 Å². The smallest absolute Gasteiger partial charge is 0.253 e. The molecule has 30 heavy (non-hydrogen) atoms. The SMILES string of the molecule is Cc1ccc(NC(=S)N(CCN(C)C)Cc2cc3cc(C)ccc3[nH]c2=O)c(C)c1. The molecule has 2 N–H and O–H groups in total. The number of nitrogens with zero attached hydrogens (tertiary/aromatic N) is 2. The fourth-order valence-corrected chi connectivity index (χ4v) is 3.68. The van der Waals surface area contributed by atoms with Crippen LogP contribution < -0.4 is 10.9 Å². The fraction of sp³-hybridized carbons (Fsp3) is 0.333. The summed E-state index contributed by atoms with van der Waals surface area (Å²) in [6.45, 7) is 8.19. The molecule has 0 aliphatic carbocycles. The van der Waals surface area contributed by atoms with E-state index in [0.717, 1.165) is 40.8 Å². The topological polar surface area (TPSA) is 51.4 Å². The number of aryl methyl sites for hydroxylation is 3. The summed E-state index contributed by atoms with van der Waals surface area (Å²) >= 11 is 5.75. The van der Waals surface area contributed by atoms with Crippen LogP contribution in [0.3, 0.4) is 0 Å². The van der Waals surface area contributed by atoms with Gasteiger partial charge in [0.25, 0.3) is 5.56 Å². The summed E-state index contributed by atoms with van der Waals surface area (Å²) in [4.78, 5) is 19.9. The molecule has 158 valence electrons. The van der Waals surface area contributed by atoms with E-state index < -0.39 is 0 Å². The number of H-pyrrole nitrogens is 1. The molecule has 0 saturated heterocycles. The Balaban J connectivity index is 1.87. The summed E-state index contributed by atoms with van der Waals surface area (Å²) in [5, 5.41) is 5.02. The number of likely N-dealkylation sites (N-methyl/N-ethyl adjacent to an activating group) is 1. The van der Waals surface area contributed by atoms with Crippen molar-refractivity contribution >= 4 is 33.9 Å². The number of aromatic amines is 1. The van der Waals surface area contributed by atoms with Gasteiger partial charge < -0.3 is 20.1 Å². The lowest BCUT2D eigenvalue weighted by molar-refractivity contribution is 0.327. The van der Waals surface area contributed by atoms with E-state index in [4.69, 9.17) is 12.2 Å². The van der Waals surface area contributed by atoms with Crippen molar-refractivity contribution in [3.8, 4) is 0 Å². The molecule has 0 atom stereocenters. The van der Waals surface area contributed by atoms with E-state index >= 15 is 0 Å². The third-order valence-corrected chi connectivity index (χ3v) is 5.53. The van der Waals surface area contributed by atoms with E-state index in [9.17, 15) is 4.79 Å². The van der Waals surface area contributed by atoms with Crippen molar-refractivity contribution in [1.29, 1.82) is 0 Å². The number of anilines is 1. The van der Waals surface area contributed by atoms with E-state index in [-0.39, 0.29) is 5.56 Å². The number of nitrogens with one attached hydrogen (secondary N) is 2. The van der Waals surface area contributed by atoms with Gasteiger partial charge in [-0.05, 0) is 82.3 Å². The number of hydrogen-bond donors (Lipinski definition) is 2. The van der Waals surface area contributed by atoms with Crippen LogP contribution in [0.4, 0.5) is 5.69 Å². The maximum atomic E-state index is 12.7. The third-order valence-electron chi connectivity index (χ3n) is 5.17. The Hall–Kier alpha value is -2.70.